The lowest BCUT2D eigenvalue weighted by Gasteiger charge is -2.28. The van der Waals surface area contributed by atoms with Crippen molar-refractivity contribution in [2.75, 3.05) is 11.4 Å². The molecule has 1 aromatic heterocycles. The van der Waals surface area contributed by atoms with Gasteiger partial charge in [-0.15, -0.1) is 0 Å². The Bertz CT molecular complexity index is 369. The molecule has 1 aromatic rings. The van der Waals surface area contributed by atoms with E-state index in [2.05, 4.69) is 29.8 Å². The van der Waals surface area contributed by atoms with Crippen LogP contribution in [-0.4, -0.2) is 17.6 Å². The van der Waals surface area contributed by atoms with Gasteiger partial charge >= 0.3 is 0 Å². The molecule has 0 unspecified atom stereocenters. The Morgan fingerprint density at radius 2 is 2.12 bits per heavy atom. The maximum atomic E-state index is 5.93. The van der Waals surface area contributed by atoms with E-state index >= 15 is 0 Å². The molecule has 0 aromatic carbocycles. The molecule has 1 aliphatic rings. The summed E-state index contributed by atoms with van der Waals surface area (Å²) in [6.07, 6.45) is 4.61. The summed E-state index contributed by atoms with van der Waals surface area (Å²) in [5, 5.41) is 0. The number of anilines is 1. The van der Waals surface area contributed by atoms with Crippen LogP contribution >= 0.6 is 0 Å². The Morgan fingerprint density at radius 1 is 1.41 bits per heavy atom. The molecule has 3 heteroatoms. The number of nitrogens with two attached hydrogens (primary N) is 1. The van der Waals surface area contributed by atoms with E-state index in [9.17, 15) is 0 Å². The Balaban J connectivity index is 2.18. The first kappa shape index (κ1) is 12.4. The minimum atomic E-state index is 0.0756. The van der Waals surface area contributed by atoms with Gasteiger partial charge in [-0.25, -0.2) is 4.98 Å². The van der Waals surface area contributed by atoms with Crippen LogP contribution in [0.2, 0.25) is 0 Å². The van der Waals surface area contributed by atoms with Crippen molar-refractivity contribution in [3.8, 4) is 0 Å². The molecule has 1 fully saturated rings. The number of hydrogen-bond acceptors (Lipinski definition) is 3. The third-order valence-electron chi connectivity index (χ3n) is 3.36. The van der Waals surface area contributed by atoms with Crippen molar-refractivity contribution in [3.63, 3.8) is 0 Å². The van der Waals surface area contributed by atoms with E-state index in [0.717, 1.165) is 23.8 Å². The predicted molar refractivity (Wildman–Crippen MR) is 72.0 cm³/mol. The molecule has 0 aliphatic heterocycles. The molecule has 3 nitrogen and oxygen atoms in total. The van der Waals surface area contributed by atoms with Crippen LogP contribution in [0.25, 0.3) is 0 Å². The Hall–Kier alpha value is -1.09. The van der Waals surface area contributed by atoms with Crippen LogP contribution in [0.1, 0.15) is 45.2 Å². The Kier molecular flexibility index (Phi) is 3.67. The number of aromatic nitrogens is 1. The zero-order chi connectivity index (χ0) is 12.4. The van der Waals surface area contributed by atoms with Crippen molar-refractivity contribution in [2.24, 2.45) is 11.7 Å². The van der Waals surface area contributed by atoms with E-state index in [0.29, 0.717) is 6.04 Å². The summed E-state index contributed by atoms with van der Waals surface area (Å²) >= 11 is 0. The van der Waals surface area contributed by atoms with Crippen LogP contribution in [0.3, 0.4) is 0 Å². The quantitative estimate of drug-likeness (QED) is 0.850. The van der Waals surface area contributed by atoms with Crippen molar-refractivity contribution in [3.05, 3.63) is 23.9 Å². The van der Waals surface area contributed by atoms with E-state index in [1.54, 1.807) is 0 Å². The third-order valence-corrected chi connectivity index (χ3v) is 3.36. The predicted octanol–water partition coefficient (Wildman–Crippen LogP) is 2.73. The van der Waals surface area contributed by atoms with Gasteiger partial charge in [-0.05, 0) is 57.2 Å². The minimum Gasteiger partial charge on any atom is -0.354 e. The average molecular weight is 233 g/mol. The first-order valence-corrected chi connectivity index (χ1v) is 6.56. The molecule has 1 saturated carbocycles. The van der Waals surface area contributed by atoms with Crippen LogP contribution in [0.4, 0.5) is 5.82 Å². The summed E-state index contributed by atoms with van der Waals surface area (Å²) in [6.45, 7) is 7.60. The van der Waals surface area contributed by atoms with E-state index in [4.69, 9.17) is 5.73 Å². The van der Waals surface area contributed by atoms with E-state index in [1.165, 1.54) is 12.8 Å². The summed E-state index contributed by atoms with van der Waals surface area (Å²) < 4.78 is 0. The fourth-order valence-corrected chi connectivity index (χ4v) is 2.02. The van der Waals surface area contributed by atoms with Gasteiger partial charge in [0.25, 0.3) is 0 Å². The van der Waals surface area contributed by atoms with Gasteiger partial charge in [-0.2, -0.15) is 0 Å². The first-order chi connectivity index (χ1) is 8.08. The lowest BCUT2D eigenvalue weighted by Crippen LogP contribution is -2.33. The van der Waals surface area contributed by atoms with Crippen molar-refractivity contribution >= 4 is 5.82 Å². The summed E-state index contributed by atoms with van der Waals surface area (Å²) in [7, 11) is 0. The fourth-order valence-electron chi connectivity index (χ4n) is 2.02. The van der Waals surface area contributed by atoms with Crippen molar-refractivity contribution in [1.29, 1.82) is 0 Å². The number of pyridine rings is 1. The molecule has 1 aliphatic carbocycles. The highest BCUT2D eigenvalue weighted by Crippen LogP contribution is 2.32. The second kappa shape index (κ2) is 5.05. The molecular formula is C14H23N3. The molecule has 0 radical (unpaired) electrons. The van der Waals surface area contributed by atoms with Crippen molar-refractivity contribution in [1.82, 2.24) is 4.98 Å². The van der Waals surface area contributed by atoms with Gasteiger partial charge in [0, 0.05) is 24.8 Å². The van der Waals surface area contributed by atoms with Gasteiger partial charge in [0.05, 0.1) is 0 Å². The highest BCUT2D eigenvalue weighted by Gasteiger charge is 2.26. The highest BCUT2D eigenvalue weighted by molar-refractivity contribution is 5.42. The van der Waals surface area contributed by atoms with Gasteiger partial charge < -0.3 is 10.6 Å². The van der Waals surface area contributed by atoms with E-state index in [-0.39, 0.29) is 6.04 Å². The molecule has 1 atom stereocenters. The standard InChI is InChI=1S/C14H23N3/c1-10(2)17(9-12-4-5-12)14-8-13(11(3)15)6-7-16-14/h6-8,10-12H,4-5,9,15H2,1-3H3/t11-/m0/s1. The van der Waals surface area contributed by atoms with Crippen molar-refractivity contribution in [2.45, 2.75) is 45.7 Å². The first-order valence-electron chi connectivity index (χ1n) is 6.56. The van der Waals surface area contributed by atoms with Crippen LogP contribution in [0.15, 0.2) is 18.3 Å². The molecule has 2 rings (SSSR count). The van der Waals surface area contributed by atoms with E-state index in [1.807, 2.05) is 19.2 Å². The molecule has 0 bridgehead atoms. The summed E-state index contributed by atoms with van der Waals surface area (Å²) in [6, 6.07) is 4.70. The van der Waals surface area contributed by atoms with Gasteiger partial charge in [-0.3, -0.25) is 0 Å². The number of hydrogen-bond donors (Lipinski definition) is 1. The minimum absolute atomic E-state index is 0.0756. The zero-order valence-electron chi connectivity index (χ0n) is 11.1. The van der Waals surface area contributed by atoms with Crippen LogP contribution in [0, 0.1) is 5.92 Å². The maximum Gasteiger partial charge on any atom is 0.129 e. The molecule has 17 heavy (non-hydrogen) atoms. The summed E-state index contributed by atoms with van der Waals surface area (Å²) in [5.74, 6) is 1.94. The number of nitrogens with zero attached hydrogens (tertiary/aromatic N) is 2. The van der Waals surface area contributed by atoms with Crippen molar-refractivity contribution < 1.29 is 0 Å². The molecular weight excluding hydrogens is 210 g/mol. The average Bonchev–Trinajstić information content (AvgIpc) is 3.09. The maximum absolute atomic E-state index is 5.93. The lowest BCUT2D eigenvalue weighted by atomic mass is 10.1. The summed E-state index contributed by atoms with van der Waals surface area (Å²) in [4.78, 5) is 6.89. The van der Waals surface area contributed by atoms with Crippen LogP contribution in [-0.2, 0) is 0 Å². The third kappa shape index (κ3) is 3.19. The monoisotopic (exact) mass is 233 g/mol. The molecule has 0 spiro atoms. The summed E-state index contributed by atoms with van der Waals surface area (Å²) in [5.41, 5.74) is 7.09. The van der Waals surface area contributed by atoms with Gasteiger partial charge in [0.2, 0.25) is 0 Å². The smallest absolute Gasteiger partial charge is 0.129 e. The molecule has 1 heterocycles. The molecule has 0 amide bonds. The highest BCUT2D eigenvalue weighted by atomic mass is 15.2. The van der Waals surface area contributed by atoms with Crippen LogP contribution in [0.5, 0.6) is 0 Å². The second-order valence-corrected chi connectivity index (χ2v) is 5.43. The van der Waals surface area contributed by atoms with Gasteiger partial charge in [0.1, 0.15) is 5.82 Å². The molecule has 2 N–H and O–H groups in total. The lowest BCUT2D eigenvalue weighted by molar-refractivity contribution is 0.635. The molecule has 0 saturated heterocycles. The van der Waals surface area contributed by atoms with E-state index < -0.39 is 0 Å². The van der Waals surface area contributed by atoms with Crippen LogP contribution < -0.4 is 10.6 Å². The largest absolute Gasteiger partial charge is 0.354 e. The van der Waals surface area contributed by atoms with Gasteiger partial charge in [0.15, 0.2) is 0 Å². The topological polar surface area (TPSA) is 42.1 Å². The normalized spacial score (nSPS) is 17.2. The number of rotatable bonds is 5. The fraction of sp³-hybridized carbons (Fsp3) is 0.643. The Morgan fingerprint density at radius 3 is 2.65 bits per heavy atom. The second-order valence-electron chi connectivity index (χ2n) is 5.43. The Labute approximate surface area is 104 Å². The SMILES string of the molecule is CC(C)N(CC1CC1)c1cc([C@H](C)N)ccn1. The molecule has 94 valence electrons. The zero-order valence-corrected chi connectivity index (χ0v) is 11.1. The van der Waals surface area contributed by atoms with Gasteiger partial charge in [-0.1, -0.05) is 0 Å².